The lowest BCUT2D eigenvalue weighted by molar-refractivity contribution is -0.122. The molecule has 0 spiro atoms. The van der Waals surface area contributed by atoms with Gasteiger partial charge in [-0.25, -0.2) is 4.79 Å². The molecule has 1 heterocycles. The number of nitrogens with one attached hydrogen (secondary N) is 1. The minimum atomic E-state index is -1.02. The number of halogens is 1. The molecule has 0 saturated carbocycles. The Kier molecular flexibility index (Phi) is 7.47. The summed E-state index contributed by atoms with van der Waals surface area (Å²) in [6.45, 7) is 0.102. The quantitative estimate of drug-likeness (QED) is 0.245. The van der Waals surface area contributed by atoms with Crippen molar-refractivity contribution in [1.82, 2.24) is 5.32 Å². The molecule has 0 atom stereocenters. The number of para-hydroxylation sites is 1. The number of nitrogens with zero attached hydrogens (tertiary/aromatic N) is 1. The van der Waals surface area contributed by atoms with Crippen molar-refractivity contribution in [2.24, 2.45) is 0 Å². The minimum absolute atomic E-state index is 0.0211. The maximum Gasteiger partial charge on any atom is 0.335 e. The summed E-state index contributed by atoms with van der Waals surface area (Å²) < 4.78 is 12.2. The molecule has 8 nitrogen and oxygen atoms in total. The number of carbonyl (C=O) groups is 3. The Hall–Kier alpha value is -4.02. The van der Waals surface area contributed by atoms with E-state index in [1.807, 2.05) is 6.07 Å². The predicted molar refractivity (Wildman–Crippen MR) is 141 cm³/mol. The van der Waals surface area contributed by atoms with Crippen LogP contribution in [-0.2, 0) is 16.2 Å². The Morgan fingerprint density at radius 1 is 1.11 bits per heavy atom. The average Bonchev–Trinajstić information content (AvgIpc) is 2.85. The Morgan fingerprint density at radius 3 is 2.50 bits per heavy atom. The van der Waals surface area contributed by atoms with Gasteiger partial charge in [0.1, 0.15) is 12.2 Å². The van der Waals surface area contributed by atoms with Gasteiger partial charge in [-0.15, -0.1) is 0 Å². The predicted octanol–water partition coefficient (Wildman–Crippen LogP) is 4.57. The highest BCUT2D eigenvalue weighted by Gasteiger charge is 2.35. The van der Waals surface area contributed by atoms with Crippen molar-refractivity contribution in [3.8, 4) is 11.5 Å². The molecular weight excluding hydrogens is 548 g/mol. The first-order chi connectivity index (χ1) is 17.3. The number of amides is 2. The van der Waals surface area contributed by atoms with E-state index in [1.165, 1.54) is 30.2 Å². The van der Waals surface area contributed by atoms with E-state index in [0.29, 0.717) is 22.7 Å². The van der Waals surface area contributed by atoms with Gasteiger partial charge in [-0.1, -0.05) is 46.3 Å². The summed E-state index contributed by atoms with van der Waals surface area (Å²) in [5.74, 6) is -1.52. The average molecular weight is 567 g/mol. The van der Waals surface area contributed by atoms with E-state index >= 15 is 0 Å². The second-order valence-electron chi connectivity index (χ2n) is 7.61. The first kappa shape index (κ1) is 25.1. The molecule has 1 aliphatic heterocycles. The van der Waals surface area contributed by atoms with Crippen LogP contribution in [-0.4, -0.2) is 35.1 Å². The number of carbonyl (C=O) groups excluding carboxylic acids is 2. The third-order valence-electron chi connectivity index (χ3n) is 5.28. The normalized spacial score (nSPS) is 14.6. The van der Waals surface area contributed by atoms with E-state index in [2.05, 4.69) is 21.2 Å². The van der Waals surface area contributed by atoms with Gasteiger partial charge in [0.2, 0.25) is 0 Å². The Balaban J connectivity index is 1.67. The molecule has 182 valence electrons. The number of hydrogen-bond acceptors (Lipinski definition) is 6. The summed E-state index contributed by atoms with van der Waals surface area (Å²) in [4.78, 5) is 38.5. The summed E-state index contributed by atoms with van der Waals surface area (Å²) in [6.07, 6.45) is 1.43. The topological polar surface area (TPSA) is 105 Å². The molecule has 3 aromatic carbocycles. The van der Waals surface area contributed by atoms with Crippen molar-refractivity contribution in [2.45, 2.75) is 6.61 Å². The molecule has 0 bridgehead atoms. The van der Waals surface area contributed by atoms with Crippen molar-refractivity contribution in [3.63, 3.8) is 0 Å². The number of ether oxygens (including phenoxy) is 2. The van der Waals surface area contributed by atoms with Gasteiger partial charge in [-0.05, 0) is 60.3 Å². The van der Waals surface area contributed by atoms with Crippen LogP contribution in [0.2, 0.25) is 0 Å². The third kappa shape index (κ3) is 5.29. The zero-order valence-electron chi connectivity index (χ0n) is 18.9. The maximum atomic E-state index is 13.4. The molecule has 4 rings (SSSR count). The maximum absolute atomic E-state index is 13.4. The lowest BCUT2D eigenvalue weighted by atomic mass is 10.1. The van der Waals surface area contributed by atoms with E-state index in [4.69, 9.17) is 26.8 Å². The van der Waals surface area contributed by atoms with Gasteiger partial charge in [0.05, 0.1) is 18.4 Å². The van der Waals surface area contributed by atoms with E-state index in [9.17, 15) is 14.4 Å². The van der Waals surface area contributed by atoms with Crippen LogP contribution in [0.25, 0.3) is 6.08 Å². The zero-order valence-corrected chi connectivity index (χ0v) is 21.3. The lowest BCUT2D eigenvalue weighted by Gasteiger charge is -2.29. The Morgan fingerprint density at radius 2 is 1.83 bits per heavy atom. The van der Waals surface area contributed by atoms with Crippen LogP contribution in [0, 0.1) is 0 Å². The SMILES string of the molecule is COc1cccc(/C=C2\C(=O)NC(=S)N(c3cccc(Br)c3)C2=O)c1OCc1ccc(C(=O)O)cc1. The molecule has 1 fully saturated rings. The van der Waals surface area contributed by atoms with Gasteiger partial charge in [0.15, 0.2) is 16.6 Å². The smallest absolute Gasteiger partial charge is 0.335 e. The van der Waals surface area contributed by atoms with E-state index in [-0.39, 0.29) is 22.9 Å². The van der Waals surface area contributed by atoms with Crippen LogP contribution in [0.3, 0.4) is 0 Å². The Bertz CT molecular complexity index is 1400. The number of aromatic carboxylic acids is 1. The van der Waals surface area contributed by atoms with E-state index in [1.54, 1.807) is 48.5 Å². The highest BCUT2D eigenvalue weighted by Crippen LogP contribution is 2.34. The fraction of sp³-hybridized carbons (Fsp3) is 0.0769. The molecule has 0 radical (unpaired) electrons. The van der Waals surface area contributed by atoms with E-state index < -0.39 is 17.8 Å². The summed E-state index contributed by atoms with van der Waals surface area (Å²) in [6, 6.07) is 18.3. The van der Waals surface area contributed by atoms with Crippen molar-refractivity contribution in [1.29, 1.82) is 0 Å². The fourth-order valence-electron chi connectivity index (χ4n) is 3.52. The summed E-state index contributed by atoms with van der Waals surface area (Å²) in [5, 5.41) is 11.6. The molecular formula is C26H19BrN2O6S. The zero-order chi connectivity index (χ0) is 25.8. The lowest BCUT2D eigenvalue weighted by Crippen LogP contribution is -2.54. The largest absolute Gasteiger partial charge is 0.493 e. The van der Waals surface area contributed by atoms with Crippen LogP contribution in [0.4, 0.5) is 5.69 Å². The number of carboxylic acids is 1. The van der Waals surface area contributed by atoms with Gasteiger partial charge >= 0.3 is 5.97 Å². The number of anilines is 1. The second kappa shape index (κ2) is 10.7. The van der Waals surface area contributed by atoms with Crippen LogP contribution in [0.15, 0.2) is 76.8 Å². The molecule has 0 unspecified atom stereocenters. The monoisotopic (exact) mass is 566 g/mol. The summed E-state index contributed by atoms with van der Waals surface area (Å²) >= 11 is 8.64. The van der Waals surface area contributed by atoms with Crippen LogP contribution >= 0.6 is 28.1 Å². The molecule has 10 heteroatoms. The second-order valence-corrected chi connectivity index (χ2v) is 8.91. The number of thiocarbonyl (C=S) groups is 1. The molecule has 2 amide bonds. The number of benzene rings is 3. The van der Waals surface area contributed by atoms with Crippen molar-refractivity contribution >= 4 is 62.8 Å². The third-order valence-corrected chi connectivity index (χ3v) is 6.06. The standard InChI is InChI=1S/C26H19BrN2O6S/c1-34-21-7-2-4-17(22(21)35-14-15-8-10-16(11-9-15)25(32)33)12-20-23(30)28-26(36)29(24(20)31)19-6-3-5-18(27)13-19/h2-13H,14H2,1H3,(H,32,33)(H,28,30,36)/b20-12+. The van der Waals surface area contributed by atoms with Gasteiger partial charge in [0.25, 0.3) is 11.8 Å². The molecule has 36 heavy (non-hydrogen) atoms. The number of methoxy groups -OCH3 is 1. The molecule has 0 aromatic heterocycles. The number of rotatable bonds is 7. The van der Waals surface area contributed by atoms with Gasteiger partial charge in [-0.2, -0.15) is 0 Å². The first-order valence-electron chi connectivity index (χ1n) is 10.6. The molecule has 3 aromatic rings. The fourth-order valence-corrected chi connectivity index (χ4v) is 4.19. The van der Waals surface area contributed by atoms with Crippen molar-refractivity contribution < 1.29 is 29.0 Å². The molecule has 1 saturated heterocycles. The highest BCUT2D eigenvalue weighted by molar-refractivity contribution is 9.10. The number of hydrogen-bond donors (Lipinski definition) is 2. The molecule has 0 aliphatic carbocycles. The van der Waals surface area contributed by atoms with Crippen molar-refractivity contribution in [3.05, 3.63) is 93.5 Å². The van der Waals surface area contributed by atoms with Crippen LogP contribution in [0.1, 0.15) is 21.5 Å². The number of carboxylic acid groups (broad SMARTS) is 1. The van der Waals surface area contributed by atoms with Gasteiger partial charge < -0.3 is 14.6 Å². The Labute approximate surface area is 220 Å². The van der Waals surface area contributed by atoms with Gasteiger partial charge in [-0.3, -0.25) is 19.8 Å². The summed E-state index contributed by atoms with van der Waals surface area (Å²) in [5.41, 5.74) is 1.69. The van der Waals surface area contributed by atoms with Crippen molar-refractivity contribution in [2.75, 3.05) is 12.0 Å². The minimum Gasteiger partial charge on any atom is -0.493 e. The van der Waals surface area contributed by atoms with Crippen LogP contribution in [0.5, 0.6) is 11.5 Å². The van der Waals surface area contributed by atoms with E-state index in [0.717, 1.165) is 10.0 Å². The van der Waals surface area contributed by atoms with Gasteiger partial charge in [0, 0.05) is 10.0 Å². The highest BCUT2D eigenvalue weighted by atomic mass is 79.9. The van der Waals surface area contributed by atoms with Crippen LogP contribution < -0.4 is 19.7 Å². The first-order valence-corrected chi connectivity index (χ1v) is 11.8. The molecule has 1 aliphatic rings. The summed E-state index contributed by atoms with van der Waals surface area (Å²) in [7, 11) is 1.48. The molecule has 2 N–H and O–H groups in total.